The van der Waals surface area contributed by atoms with Crippen molar-refractivity contribution in [2.45, 2.75) is 39.8 Å². The van der Waals surface area contributed by atoms with Gasteiger partial charge in [-0.15, -0.1) is 0 Å². The van der Waals surface area contributed by atoms with Gasteiger partial charge in [-0.2, -0.15) is 0 Å². The predicted octanol–water partition coefficient (Wildman–Crippen LogP) is 4.07. The number of carbonyl (C=O) groups excluding carboxylic acids is 1. The molecule has 2 heterocycles. The summed E-state index contributed by atoms with van der Waals surface area (Å²) in [5, 5.41) is 10.7. The fourth-order valence-electron chi connectivity index (χ4n) is 4.31. The summed E-state index contributed by atoms with van der Waals surface area (Å²) in [6, 6.07) is 7.79. The molecule has 0 saturated carbocycles. The van der Waals surface area contributed by atoms with Crippen LogP contribution >= 0.6 is 27.3 Å². The maximum absolute atomic E-state index is 13.9. The van der Waals surface area contributed by atoms with Crippen molar-refractivity contribution in [3.05, 3.63) is 76.9 Å². The predicted molar refractivity (Wildman–Crippen MR) is 152 cm³/mol. The van der Waals surface area contributed by atoms with Crippen molar-refractivity contribution >= 4 is 39.3 Å². The number of aromatic hydroxyl groups is 1. The van der Waals surface area contributed by atoms with Gasteiger partial charge < -0.3 is 24.1 Å². The van der Waals surface area contributed by atoms with E-state index in [0.717, 1.165) is 11.3 Å². The minimum atomic E-state index is -0.824. The van der Waals surface area contributed by atoms with Crippen molar-refractivity contribution in [3.63, 3.8) is 0 Å². The fourth-order valence-corrected chi connectivity index (χ4v) is 5.81. The molecule has 1 atom stereocenters. The highest BCUT2D eigenvalue weighted by molar-refractivity contribution is 9.10. The SMILES string of the molecule is CCOC(=O)C1=C(C)N=c2s/c(=C\c3cc(Br)cc(OC)c3O)c(=O)n2[C@H]1c1ccc(OC(C)C)c(OC)c1. The number of methoxy groups -OCH3 is 2. The van der Waals surface area contributed by atoms with Crippen LogP contribution in [-0.2, 0) is 9.53 Å². The van der Waals surface area contributed by atoms with Crippen molar-refractivity contribution in [2.75, 3.05) is 20.8 Å². The fraction of sp³-hybridized carbons (Fsp3) is 0.321. The van der Waals surface area contributed by atoms with Gasteiger partial charge in [-0.1, -0.05) is 33.3 Å². The van der Waals surface area contributed by atoms with E-state index < -0.39 is 12.0 Å². The molecule has 3 aromatic rings. The first-order chi connectivity index (χ1) is 18.6. The Morgan fingerprint density at radius 3 is 2.54 bits per heavy atom. The van der Waals surface area contributed by atoms with E-state index >= 15 is 0 Å². The largest absolute Gasteiger partial charge is 0.504 e. The number of nitrogens with zero attached hydrogens (tertiary/aromatic N) is 2. The molecule has 4 rings (SSSR count). The summed E-state index contributed by atoms with van der Waals surface area (Å²) in [6.45, 7) is 7.43. The lowest BCUT2D eigenvalue weighted by molar-refractivity contribution is -0.139. The van der Waals surface area contributed by atoms with E-state index in [9.17, 15) is 14.7 Å². The van der Waals surface area contributed by atoms with Gasteiger partial charge in [0.05, 0.1) is 48.8 Å². The van der Waals surface area contributed by atoms with Crippen molar-refractivity contribution < 1.29 is 28.8 Å². The number of esters is 1. The summed E-state index contributed by atoms with van der Waals surface area (Å²) >= 11 is 4.56. The number of halogens is 1. The van der Waals surface area contributed by atoms with Crippen LogP contribution in [-0.4, -0.2) is 42.6 Å². The minimum Gasteiger partial charge on any atom is -0.504 e. The maximum atomic E-state index is 13.9. The Kier molecular flexibility index (Phi) is 8.51. The number of benzene rings is 2. The monoisotopic (exact) mass is 616 g/mol. The highest BCUT2D eigenvalue weighted by Gasteiger charge is 2.34. The second-order valence-electron chi connectivity index (χ2n) is 8.93. The Morgan fingerprint density at radius 2 is 1.90 bits per heavy atom. The summed E-state index contributed by atoms with van der Waals surface area (Å²) < 4.78 is 24.5. The zero-order chi connectivity index (χ0) is 28.4. The van der Waals surface area contributed by atoms with Crippen LogP contribution in [0.15, 0.2) is 55.9 Å². The van der Waals surface area contributed by atoms with E-state index in [1.54, 1.807) is 50.3 Å². The molecule has 1 aliphatic heterocycles. The van der Waals surface area contributed by atoms with E-state index in [1.807, 2.05) is 13.8 Å². The number of fused-ring (bicyclic) bond motifs is 1. The number of allylic oxidation sites excluding steroid dienone is 1. The molecule has 0 amide bonds. The Hall–Kier alpha value is -3.57. The van der Waals surface area contributed by atoms with Crippen LogP contribution in [0.4, 0.5) is 0 Å². The van der Waals surface area contributed by atoms with E-state index in [1.165, 1.54) is 18.8 Å². The average molecular weight is 618 g/mol. The highest BCUT2D eigenvalue weighted by Crippen LogP contribution is 2.37. The molecule has 2 aromatic carbocycles. The van der Waals surface area contributed by atoms with Crippen LogP contribution in [0.3, 0.4) is 0 Å². The number of phenols is 1. The van der Waals surface area contributed by atoms with Gasteiger partial charge in [-0.05, 0) is 63.6 Å². The smallest absolute Gasteiger partial charge is 0.338 e. The van der Waals surface area contributed by atoms with Crippen LogP contribution in [0, 0.1) is 0 Å². The van der Waals surface area contributed by atoms with Gasteiger partial charge >= 0.3 is 5.97 Å². The lowest BCUT2D eigenvalue weighted by Crippen LogP contribution is -2.40. The van der Waals surface area contributed by atoms with Crippen LogP contribution in [0.2, 0.25) is 0 Å². The standard InChI is InChI=1S/C28H29BrN2O7S/c1-7-37-27(34)23-15(4)30-28-31(24(23)16-8-9-19(38-14(2)3)20(11-16)35-5)26(33)22(39-28)12-17-10-18(29)13-21(36-6)25(17)32/h8-14,24,32H,7H2,1-6H3/b22-12-/t24-/m0/s1. The topological polar surface area (TPSA) is 109 Å². The third-order valence-electron chi connectivity index (χ3n) is 5.96. The molecule has 1 aromatic heterocycles. The molecule has 9 nitrogen and oxygen atoms in total. The molecule has 206 valence electrons. The Morgan fingerprint density at radius 1 is 1.18 bits per heavy atom. The van der Waals surface area contributed by atoms with E-state index in [0.29, 0.717) is 42.1 Å². The first-order valence-corrected chi connectivity index (χ1v) is 13.8. The quantitative estimate of drug-likeness (QED) is 0.380. The normalized spacial score (nSPS) is 15.2. The van der Waals surface area contributed by atoms with Crippen molar-refractivity contribution in [3.8, 4) is 23.0 Å². The van der Waals surface area contributed by atoms with Gasteiger partial charge in [0.2, 0.25) is 0 Å². The lowest BCUT2D eigenvalue weighted by Gasteiger charge is -2.25. The number of aromatic nitrogens is 1. The zero-order valence-corrected chi connectivity index (χ0v) is 24.8. The number of hydrogen-bond donors (Lipinski definition) is 1. The molecule has 0 radical (unpaired) electrons. The third kappa shape index (κ3) is 5.60. The van der Waals surface area contributed by atoms with Gasteiger partial charge in [-0.3, -0.25) is 9.36 Å². The summed E-state index contributed by atoms with van der Waals surface area (Å²) in [5.74, 6) is 0.608. The van der Waals surface area contributed by atoms with Gasteiger partial charge in [0.15, 0.2) is 27.8 Å². The Bertz CT molecular complexity index is 1640. The van der Waals surface area contributed by atoms with Gasteiger partial charge in [-0.25, -0.2) is 9.79 Å². The molecular formula is C28H29BrN2O7S. The van der Waals surface area contributed by atoms with Crippen molar-refractivity contribution in [1.29, 1.82) is 0 Å². The number of rotatable bonds is 8. The third-order valence-corrected chi connectivity index (χ3v) is 7.40. The molecule has 39 heavy (non-hydrogen) atoms. The number of ether oxygens (including phenoxy) is 4. The molecule has 0 fully saturated rings. The summed E-state index contributed by atoms with van der Waals surface area (Å²) in [5.41, 5.74) is 1.33. The van der Waals surface area contributed by atoms with E-state index in [4.69, 9.17) is 18.9 Å². The Labute approximate surface area is 237 Å². The van der Waals surface area contributed by atoms with Crippen molar-refractivity contribution in [2.24, 2.45) is 4.99 Å². The molecule has 0 bridgehead atoms. The van der Waals surface area contributed by atoms with Gasteiger partial charge in [0.25, 0.3) is 5.56 Å². The van der Waals surface area contributed by atoms with Crippen LogP contribution < -0.4 is 29.1 Å². The highest BCUT2D eigenvalue weighted by atomic mass is 79.9. The molecule has 11 heteroatoms. The maximum Gasteiger partial charge on any atom is 0.338 e. The van der Waals surface area contributed by atoms with Gasteiger partial charge in [0, 0.05) is 10.0 Å². The van der Waals surface area contributed by atoms with Crippen molar-refractivity contribution in [1.82, 2.24) is 4.57 Å². The zero-order valence-electron chi connectivity index (χ0n) is 22.4. The molecule has 1 N–H and O–H groups in total. The minimum absolute atomic E-state index is 0.0762. The molecule has 1 aliphatic rings. The van der Waals surface area contributed by atoms with E-state index in [-0.39, 0.29) is 35.3 Å². The molecule has 0 aliphatic carbocycles. The van der Waals surface area contributed by atoms with Crippen LogP contribution in [0.5, 0.6) is 23.0 Å². The second kappa shape index (κ2) is 11.7. The molecule has 0 saturated heterocycles. The second-order valence-corrected chi connectivity index (χ2v) is 10.8. The van der Waals surface area contributed by atoms with Crippen LogP contribution in [0.1, 0.15) is 44.9 Å². The number of carbonyl (C=O) groups is 1. The number of phenolic OH excluding ortho intramolecular Hbond substituents is 1. The number of hydrogen-bond acceptors (Lipinski definition) is 9. The summed E-state index contributed by atoms with van der Waals surface area (Å²) in [6.07, 6.45) is 1.50. The average Bonchev–Trinajstić information content (AvgIpc) is 3.19. The molecule has 0 spiro atoms. The number of thiazole rings is 1. The summed E-state index contributed by atoms with van der Waals surface area (Å²) in [7, 11) is 2.98. The molecule has 0 unspecified atom stereocenters. The van der Waals surface area contributed by atoms with E-state index in [2.05, 4.69) is 20.9 Å². The lowest BCUT2D eigenvalue weighted by atomic mass is 9.95. The molecular weight excluding hydrogens is 588 g/mol. The first-order valence-electron chi connectivity index (χ1n) is 12.2. The first kappa shape index (κ1) is 28.4. The Balaban J connectivity index is 1.97. The van der Waals surface area contributed by atoms with Gasteiger partial charge in [0.1, 0.15) is 0 Å². The van der Waals surface area contributed by atoms with Crippen LogP contribution in [0.25, 0.3) is 6.08 Å². The summed E-state index contributed by atoms with van der Waals surface area (Å²) in [4.78, 5) is 32.0.